The average molecular weight is 458 g/mol. The summed E-state index contributed by atoms with van der Waals surface area (Å²) in [6.45, 7) is 0.303. The minimum Gasteiger partial charge on any atom is -0.497 e. The lowest BCUT2D eigenvalue weighted by molar-refractivity contribution is -0.274. The van der Waals surface area contributed by atoms with Crippen LogP contribution in [-0.2, 0) is 14.8 Å². The summed E-state index contributed by atoms with van der Waals surface area (Å²) in [4.78, 5) is 12.7. The molecule has 168 valence electrons. The number of nitrogens with zero attached hydrogens (tertiary/aromatic N) is 1. The van der Waals surface area contributed by atoms with Crippen LogP contribution in [0.15, 0.2) is 53.4 Å². The monoisotopic (exact) mass is 458 g/mol. The molecular weight excluding hydrogens is 437 g/mol. The summed E-state index contributed by atoms with van der Waals surface area (Å²) in [5.74, 6) is -0.867. The predicted molar refractivity (Wildman–Crippen MR) is 106 cm³/mol. The third-order valence-corrected chi connectivity index (χ3v) is 6.69. The molecular formula is C20H21F3N2O5S. The van der Waals surface area contributed by atoms with Gasteiger partial charge in [0.15, 0.2) is 0 Å². The molecule has 0 radical (unpaired) electrons. The predicted octanol–water partition coefficient (Wildman–Crippen LogP) is 3.63. The zero-order valence-electron chi connectivity index (χ0n) is 16.6. The van der Waals surface area contributed by atoms with Gasteiger partial charge in [0.05, 0.1) is 17.9 Å². The number of methoxy groups -OCH3 is 1. The van der Waals surface area contributed by atoms with Gasteiger partial charge in [0, 0.05) is 18.8 Å². The van der Waals surface area contributed by atoms with E-state index in [1.165, 1.54) is 35.7 Å². The number of sulfonamides is 1. The van der Waals surface area contributed by atoms with E-state index in [0.29, 0.717) is 25.1 Å². The van der Waals surface area contributed by atoms with Crippen molar-refractivity contribution in [2.24, 2.45) is 5.92 Å². The largest absolute Gasteiger partial charge is 0.573 e. The molecule has 0 bridgehead atoms. The first-order valence-corrected chi connectivity index (χ1v) is 10.8. The van der Waals surface area contributed by atoms with E-state index in [2.05, 4.69) is 10.1 Å². The molecule has 1 saturated heterocycles. The van der Waals surface area contributed by atoms with Gasteiger partial charge in [0.2, 0.25) is 15.9 Å². The maximum Gasteiger partial charge on any atom is 0.573 e. The fourth-order valence-electron chi connectivity index (χ4n) is 3.26. The van der Waals surface area contributed by atoms with Gasteiger partial charge in [-0.05, 0) is 61.4 Å². The van der Waals surface area contributed by atoms with Crippen molar-refractivity contribution < 1.29 is 35.9 Å². The Morgan fingerprint density at radius 1 is 1.06 bits per heavy atom. The molecule has 1 aliphatic rings. The van der Waals surface area contributed by atoms with Crippen LogP contribution in [0.2, 0.25) is 0 Å². The van der Waals surface area contributed by atoms with Gasteiger partial charge in [0.1, 0.15) is 11.5 Å². The maximum atomic E-state index is 12.9. The van der Waals surface area contributed by atoms with Gasteiger partial charge in [-0.25, -0.2) is 8.42 Å². The average Bonchev–Trinajstić information content (AvgIpc) is 2.74. The summed E-state index contributed by atoms with van der Waals surface area (Å²) in [6, 6.07) is 10.7. The Labute approximate surface area is 177 Å². The number of ether oxygens (including phenoxy) is 2. The number of rotatable bonds is 6. The summed E-state index contributed by atoms with van der Waals surface area (Å²) in [5.41, 5.74) is 0.287. The van der Waals surface area contributed by atoms with Gasteiger partial charge < -0.3 is 14.8 Å². The zero-order valence-corrected chi connectivity index (χ0v) is 17.4. The van der Waals surface area contributed by atoms with Crippen LogP contribution in [0, 0.1) is 5.92 Å². The number of amides is 1. The van der Waals surface area contributed by atoms with Gasteiger partial charge >= 0.3 is 6.36 Å². The summed E-state index contributed by atoms with van der Waals surface area (Å²) in [5, 5.41) is 2.61. The van der Waals surface area contributed by atoms with E-state index in [0.717, 1.165) is 12.1 Å². The van der Waals surface area contributed by atoms with Crippen LogP contribution in [0.25, 0.3) is 0 Å². The summed E-state index contributed by atoms with van der Waals surface area (Å²) < 4.78 is 72.6. The van der Waals surface area contributed by atoms with E-state index < -0.39 is 34.0 Å². The smallest absolute Gasteiger partial charge is 0.497 e. The number of benzene rings is 2. The molecule has 1 N–H and O–H groups in total. The normalized spacial score (nSPS) is 17.7. The summed E-state index contributed by atoms with van der Waals surface area (Å²) >= 11 is 0. The van der Waals surface area contributed by atoms with Crippen LogP contribution in [0.1, 0.15) is 12.8 Å². The van der Waals surface area contributed by atoms with E-state index in [1.807, 2.05) is 0 Å². The van der Waals surface area contributed by atoms with Crippen LogP contribution in [0.5, 0.6) is 11.5 Å². The second-order valence-electron chi connectivity index (χ2n) is 6.94. The lowest BCUT2D eigenvalue weighted by atomic mass is 9.99. The lowest BCUT2D eigenvalue weighted by Crippen LogP contribution is -2.43. The van der Waals surface area contributed by atoms with Crippen molar-refractivity contribution in [2.75, 3.05) is 25.5 Å². The van der Waals surface area contributed by atoms with E-state index >= 15 is 0 Å². The molecule has 0 aliphatic carbocycles. The molecule has 1 fully saturated rings. The van der Waals surface area contributed by atoms with Crippen LogP contribution in [0.3, 0.4) is 0 Å². The number of halogens is 3. The Balaban J connectivity index is 1.65. The lowest BCUT2D eigenvalue weighted by Gasteiger charge is -2.31. The summed E-state index contributed by atoms with van der Waals surface area (Å²) in [6.07, 6.45) is -3.80. The zero-order chi connectivity index (χ0) is 22.6. The number of hydrogen-bond donors (Lipinski definition) is 1. The quantitative estimate of drug-likeness (QED) is 0.715. The highest BCUT2D eigenvalue weighted by Crippen LogP contribution is 2.27. The van der Waals surface area contributed by atoms with E-state index in [9.17, 15) is 26.4 Å². The minimum atomic E-state index is -4.80. The Morgan fingerprint density at radius 3 is 2.26 bits per heavy atom. The van der Waals surface area contributed by atoms with Crippen molar-refractivity contribution in [3.8, 4) is 11.5 Å². The molecule has 1 aliphatic heterocycles. The number of alkyl halides is 3. The highest BCUT2D eigenvalue weighted by molar-refractivity contribution is 7.89. The molecule has 11 heteroatoms. The molecule has 7 nitrogen and oxygen atoms in total. The molecule has 0 saturated carbocycles. The molecule has 0 spiro atoms. The van der Waals surface area contributed by atoms with Gasteiger partial charge in [-0.2, -0.15) is 4.31 Å². The van der Waals surface area contributed by atoms with Crippen molar-refractivity contribution in [3.05, 3.63) is 48.5 Å². The Hall–Kier alpha value is -2.79. The molecule has 0 unspecified atom stereocenters. The third kappa shape index (κ3) is 5.88. The van der Waals surface area contributed by atoms with Crippen LogP contribution < -0.4 is 14.8 Å². The first kappa shape index (κ1) is 22.9. The molecule has 0 aromatic heterocycles. The molecule has 1 heterocycles. The van der Waals surface area contributed by atoms with E-state index in [-0.39, 0.29) is 17.1 Å². The fraction of sp³-hybridized carbons (Fsp3) is 0.350. The van der Waals surface area contributed by atoms with Crippen molar-refractivity contribution >= 4 is 21.6 Å². The SMILES string of the molecule is COc1ccc(S(=O)(=O)N2CCC[C@@H](C(=O)Nc3ccc(OC(F)(F)F)cc3)C2)cc1. The standard InChI is InChI=1S/C20H21F3N2O5S/c1-29-16-8-10-18(11-9-16)31(27,28)25-12-2-3-14(13-25)19(26)24-15-4-6-17(7-5-15)30-20(21,22)23/h4-11,14H,2-3,12-13H2,1H3,(H,24,26)/t14-/m1/s1. The second-order valence-corrected chi connectivity index (χ2v) is 8.88. The number of carbonyl (C=O) groups is 1. The van der Waals surface area contributed by atoms with E-state index in [1.54, 1.807) is 12.1 Å². The number of anilines is 1. The number of carbonyl (C=O) groups excluding carboxylic acids is 1. The number of nitrogens with one attached hydrogen (secondary N) is 1. The van der Waals surface area contributed by atoms with Gasteiger partial charge in [-0.1, -0.05) is 0 Å². The first-order chi connectivity index (χ1) is 14.6. The molecule has 2 aromatic rings. The van der Waals surface area contributed by atoms with Crippen LogP contribution >= 0.6 is 0 Å². The van der Waals surface area contributed by atoms with Gasteiger partial charge in [0.25, 0.3) is 0 Å². The molecule has 31 heavy (non-hydrogen) atoms. The molecule has 2 aromatic carbocycles. The minimum absolute atomic E-state index is 0.00939. The Kier molecular flexibility index (Phi) is 6.75. The van der Waals surface area contributed by atoms with Crippen LogP contribution in [0.4, 0.5) is 18.9 Å². The Morgan fingerprint density at radius 2 is 1.68 bits per heavy atom. The Bertz CT molecular complexity index is 1010. The van der Waals surface area contributed by atoms with Crippen molar-refractivity contribution in [2.45, 2.75) is 24.1 Å². The van der Waals surface area contributed by atoms with Crippen LogP contribution in [-0.4, -0.2) is 45.2 Å². The highest BCUT2D eigenvalue weighted by Gasteiger charge is 2.34. The van der Waals surface area contributed by atoms with E-state index in [4.69, 9.17) is 4.74 Å². The molecule has 1 amide bonds. The van der Waals surface area contributed by atoms with Crippen molar-refractivity contribution in [1.29, 1.82) is 0 Å². The topological polar surface area (TPSA) is 84.9 Å². The molecule has 3 rings (SSSR count). The van der Waals surface area contributed by atoms with Crippen molar-refractivity contribution in [1.82, 2.24) is 4.31 Å². The number of piperidine rings is 1. The van der Waals surface area contributed by atoms with Gasteiger partial charge in [-0.3, -0.25) is 4.79 Å². The highest BCUT2D eigenvalue weighted by atomic mass is 32.2. The van der Waals surface area contributed by atoms with Gasteiger partial charge in [-0.15, -0.1) is 13.2 Å². The molecule has 1 atom stereocenters. The second kappa shape index (κ2) is 9.15. The number of hydrogen-bond acceptors (Lipinski definition) is 5. The van der Waals surface area contributed by atoms with Crippen molar-refractivity contribution in [3.63, 3.8) is 0 Å². The first-order valence-electron chi connectivity index (χ1n) is 9.39. The summed E-state index contributed by atoms with van der Waals surface area (Å²) in [7, 11) is -2.29. The fourth-order valence-corrected chi connectivity index (χ4v) is 4.78. The third-order valence-electron chi connectivity index (χ3n) is 4.81. The maximum absolute atomic E-state index is 12.9.